The molecule has 110 valence electrons. The quantitative estimate of drug-likeness (QED) is 0.732. The highest BCUT2D eigenvalue weighted by Gasteiger charge is 2.36. The number of hydrogen-bond acceptors (Lipinski definition) is 2. The number of hydrogen-bond donors (Lipinski definition) is 0. The van der Waals surface area contributed by atoms with Crippen LogP contribution in [-0.2, 0) is 6.18 Å². The number of benzene rings is 1. The zero-order valence-electron chi connectivity index (χ0n) is 11.4. The Morgan fingerprint density at radius 1 is 1.10 bits per heavy atom. The van der Waals surface area contributed by atoms with Crippen LogP contribution in [0.1, 0.15) is 24.0 Å². The molecule has 1 heterocycles. The van der Waals surface area contributed by atoms with Gasteiger partial charge in [-0.3, -0.25) is 0 Å². The molecule has 0 aromatic heterocycles. The Morgan fingerprint density at radius 2 is 1.71 bits per heavy atom. The highest BCUT2D eigenvalue weighted by Crippen LogP contribution is 2.38. The van der Waals surface area contributed by atoms with E-state index < -0.39 is 11.7 Å². The minimum Gasteiger partial charge on any atom is -0.371 e. The molecule has 21 heavy (non-hydrogen) atoms. The second kappa shape index (κ2) is 5.10. The van der Waals surface area contributed by atoms with E-state index in [0.29, 0.717) is 17.5 Å². The van der Waals surface area contributed by atoms with Crippen LogP contribution in [0.25, 0.3) is 0 Å². The van der Waals surface area contributed by atoms with E-state index in [1.54, 1.807) is 12.1 Å². The molecule has 0 bridgehead atoms. The first-order chi connectivity index (χ1) is 9.99. The number of fused-ring (bicyclic) bond motifs is 1. The molecule has 1 aliphatic heterocycles. The van der Waals surface area contributed by atoms with Gasteiger partial charge >= 0.3 is 6.18 Å². The third-order valence-electron chi connectivity index (χ3n) is 4.41. The summed E-state index contributed by atoms with van der Waals surface area (Å²) in [5.41, 5.74) is -0.587. The molecule has 0 N–H and O–H groups in total. The third kappa shape index (κ3) is 2.63. The molecule has 2 atom stereocenters. The molecule has 0 radical (unpaired) electrons. The summed E-state index contributed by atoms with van der Waals surface area (Å²) in [7, 11) is 0. The molecule has 2 nitrogen and oxygen atoms in total. The van der Waals surface area contributed by atoms with Gasteiger partial charge in [-0.25, -0.2) is 0 Å². The number of rotatable bonds is 1. The molecule has 1 fully saturated rings. The van der Waals surface area contributed by atoms with E-state index in [1.165, 1.54) is 6.07 Å². The SMILES string of the molecule is N#Cc1ccc(N2CC3CC=CCC3C2)cc1C(F)(F)F. The highest BCUT2D eigenvalue weighted by atomic mass is 19.4. The predicted molar refractivity (Wildman–Crippen MR) is 73.7 cm³/mol. The number of allylic oxidation sites excluding steroid dienone is 2. The summed E-state index contributed by atoms with van der Waals surface area (Å²) in [6.45, 7) is 1.58. The van der Waals surface area contributed by atoms with E-state index >= 15 is 0 Å². The monoisotopic (exact) mass is 292 g/mol. The maximum Gasteiger partial charge on any atom is 0.417 e. The van der Waals surface area contributed by atoms with Crippen LogP contribution >= 0.6 is 0 Å². The fourth-order valence-corrected chi connectivity index (χ4v) is 3.29. The number of halogens is 3. The van der Waals surface area contributed by atoms with Crippen LogP contribution in [0.2, 0.25) is 0 Å². The number of alkyl halides is 3. The summed E-state index contributed by atoms with van der Waals surface area (Å²) >= 11 is 0. The second-order valence-corrected chi connectivity index (χ2v) is 5.71. The van der Waals surface area contributed by atoms with E-state index in [1.807, 2.05) is 4.90 Å². The second-order valence-electron chi connectivity index (χ2n) is 5.71. The fraction of sp³-hybridized carbons (Fsp3) is 0.438. The van der Waals surface area contributed by atoms with Crippen LogP contribution in [0, 0.1) is 23.2 Å². The molecule has 0 spiro atoms. The topological polar surface area (TPSA) is 27.0 Å². The Balaban J connectivity index is 1.89. The lowest BCUT2D eigenvalue weighted by Crippen LogP contribution is -2.21. The van der Waals surface area contributed by atoms with E-state index in [2.05, 4.69) is 12.2 Å². The molecule has 2 aliphatic rings. The smallest absolute Gasteiger partial charge is 0.371 e. The molecule has 1 aromatic rings. The number of nitriles is 1. The first-order valence-electron chi connectivity index (χ1n) is 7.00. The van der Waals surface area contributed by atoms with Crippen molar-refractivity contribution in [3.8, 4) is 6.07 Å². The largest absolute Gasteiger partial charge is 0.417 e. The van der Waals surface area contributed by atoms with Gasteiger partial charge in [0.15, 0.2) is 0 Å². The van der Waals surface area contributed by atoms with Gasteiger partial charge in [0, 0.05) is 18.8 Å². The van der Waals surface area contributed by atoms with E-state index in [-0.39, 0.29) is 5.56 Å². The van der Waals surface area contributed by atoms with Crippen LogP contribution in [0.3, 0.4) is 0 Å². The molecule has 1 aromatic carbocycles. The number of nitrogens with zero attached hydrogens (tertiary/aromatic N) is 2. The molecule has 0 amide bonds. The van der Waals surface area contributed by atoms with Crippen LogP contribution in [0.15, 0.2) is 30.4 Å². The van der Waals surface area contributed by atoms with E-state index in [0.717, 1.165) is 32.0 Å². The van der Waals surface area contributed by atoms with Crippen LogP contribution in [-0.4, -0.2) is 13.1 Å². The lowest BCUT2D eigenvalue weighted by Gasteiger charge is -2.20. The Bertz CT molecular complexity index is 597. The third-order valence-corrected chi connectivity index (χ3v) is 4.41. The minimum absolute atomic E-state index is 0.315. The van der Waals surface area contributed by atoms with Crippen LogP contribution in [0.4, 0.5) is 18.9 Å². The summed E-state index contributed by atoms with van der Waals surface area (Å²) in [4.78, 5) is 2.01. The standard InChI is InChI=1S/C16H15F3N2/c17-16(18,19)15-7-14(6-5-11(15)8-20)21-9-12-3-1-2-4-13(12)10-21/h1-2,5-7,12-13H,3-4,9-10H2. The summed E-state index contributed by atoms with van der Waals surface area (Å²) in [5, 5.41) is 8.83. The first-order valence-corrected chi connectivity index (χ1v) is 7.00. The molecule has 2 unspecified atom stereocenters. The molecular weight excluding hydrogens is 277 g/mol. The Hall–Kier alpha value is -1.96. The zero-order chi connectivity index (χ0) is 15.0. The Labute approximate surface area is 121 Å². The van der Waals surface area contributed by atoms with Crippen molar-refractivity contribution in [3.63, 3.8) is 0 Å². The van der Waals surface area contributed by atoms with Crippen molar-refractivity contribution in [2.24, 2.45) is 11.8 Å². The van der Waals surface area contributed by atoms with E-state index in [4.69, 9.17) is 5.26 Å². The van der Waals surface area contributed by atoms with Crippen molar-refractivity contribution in [1.82, 2.24) is 0 Å². The van der Waals surface area contributed by atoms with Gasteiger partial charge < -0.3 is 4.90 Å². The molecular formula is C16H15F3N2. The van der Waals surface area contributed by atoms with Crippen molar-refractivity contribution >= 4 is 5.69 Å². The van der Waals surface area contributed by atoms with Crippen molar-refractivity contribution in [2.45, 2.75) is 19.0 Å². The van der Waals surface area contributed by atoms with Gasteiger partial charge in [0.1, 0.15) is 0 Å². The van der Waals surface area contributed by atoms with E-state index in [9.17, 15) is 13.2 Å². The van der Waals surface area contributed by atoms with Gasteiger partial charge in [0.25, 0.3) is 0 Å². The summed E-state index contributed by atoms with van der Waals surface area (Å²) < 4.78 is 39.1. The van der Waals surface area contributed by atoms with Crippen LogP contribution < -0.4 is 4.90 Å². The van der Waals surface area contributed by atoms with Crippen molar-refractivity contribution in [3.05, 3.63) is 41.5 Å². The highest BCUT2D eigenvalue weighted by molar-refractivity contribution is 5.55. The molecule has 5 heteroatoms. The van der Waals surface area contributed by atoms with Gasteiger partial charge in [-0.1, -0.05) is 12.2 Å². The lowest BCUT2D eigenvalue weighted by molar-refractivity contribution is -0.137. The van der Waals surface area contributed by atoms with Gasteiger partial charge in [0.05, 0.1) is 17.2 Å². The predicted octanol–water partition coefficient (Wildman–Crippen LogP) is 3.98. The molecule has 0 saturated carbocycles. The Morgan fingerprint density at radius 3 is 2.24 bits per heavy atom. The summed E-state index contributed by atoms with van der Waals surface area (Å²) in [6, 6.07) is 5.64. The van der Waals surface area contributed by atoms with Gasteiger partial charge in [-0.15, -0.1) is 0 Å². The Kier molecular flexibility index (Phi) is 3.40. The fourth-order valence-electron chi connectivity index (χ4n) is 3.29. The molecule has 3 rings (SSSR count). The lowest BCUT2D eigenvalue weighted by atomic mass is 9.86. The van der Waals surface area contributed by atoms with Gasteiger partial charge in [-0.05, 0) is 42.9 Å². The maximum atomic E-state index is 13.0. The number of anilines is 1. The van der Waals surface area contributed by atoms with Crippen molar-refractivity contribution in [1.29, 1.82) is 5.26 Å². The first kappa shape index (κ1) is 14.0. The van der Waals surface area contributed by atoms with Crippen LogP contribution in [0.5, 0.6) is 0 Å². The van der Waals surface area contributed by atoms with Gasteiger partial charge in [0.2, 0.25) is 0 Å². The van der Waals surface area contributed by atoms with Gasteiger partial charge in [-0.2, -0.15) is 18.4 Å². The average molecular weight is 292 g/mol. The summed E-state index contributed by atoms with van der Waals surface area (Å²) in [5.74, 6) is 1.06. The molecule has 1 aliphatic carbocycles. The van der Waals surface area contributed by atoms with Crippen molar-refractivity contribution in [2.75, 3.05) is 18.0 Å². The minimum atomic E-state index is -4.49. The average Bonchev–Trinajstić information content (AvgIpc) is 2.89. The maximum absolute atomic E-state index is 13.0. The van der Waals surface area contributed by atoms with Crippen molar-refractivity contribution < 1.29 is 13.2 Å². The normalized spacial score (nSPS) is 24.8. The summed E-state index contributed by atoms with van der Waals surface area (Å²) in [6.07, 6.45) is 1.83. The molecule has 1 saturated heterocycles. The zero-order valence-corrected chi connectivity index (χ0v) is 11.4.